The first-order chi connectivity index (χ1) is 5.68. The molecule has 0 aliphatic rings. The fourth-order valence-corrected chi connectivity index (χ4v) is 2.57. The summed E-state index contributed by atoms with van der Waals surface area (Å²) in [6.07, 6.45) is 0. The van der Waals surface area contributed by atoms with Crippen LogP contribution in [0.25, 0.3) is 10.1 Å². The largest absolute Gasteiger partial charge is 0.123 e. The van der Waals surface area contributed by atoms with Crippen LogP contribution in [0, 0.1) is 13.8 Å². The SMILES string of the molecule is Cc1ccc2sc(Cl)c(C)c2c1. The monoisotopic (exact) mass is 196 g/mol. The van der Waals surface area contributed by atoms with Gasteiger partial charge in [-0.15, -0.1) is 11.3 Å². The third-order valence-electron chi connectivity index (χ3n) is 2.03. The Labute approximate surface area is 80.8 Å². The summed E-state index contributed by atoms with van der Waals surface area (Å²) in [5.41, 5.74) is 2.50. The molecule has 0 atom stereocenters. The second-order valence-corrected chi connectivity index (χ2v) is 4.65. The quantitative estimate of drug-likeness (QED) is 0.593. The van der Waals surface area contributed by atoms with Crippen molar-refractivity contribution in [1.29, 1.82) is 0 Å². The van der Waals surface area contributed by atoms with Gasteiger partial charge < -0.3 is 0 Å². The van der Waals surface area contributed by atoms with E-state index in [-0.39, 0.29) is 0 Å². The standard InChI is InChI=1S/C10H9ClS/c1-6-3-4-9-8(5-6)7(2)10(11)12-9/h3-5H,1-2H3. The van der Waals surface area contributed by atoms with Crippen LogP contribution >= 0.6 is 22.9 Å². The van der Waals surface area contributed by atoms with Gasteiger partial charge in [0.1, 0.15) is 0 Å². The zero-order chi connectivity index (χ0) is 8.72. The molecule has 2 heteroatoms. The molecule has 0 saturated heterocycles. The molecule has 2 aromatic rings. The lowest BCUT2D eigenvalue weighted by Gasteiger charge is -1.93. The van der Waals surface area contributed by atoms with Gasteiger partial charge in [0.25, 0.3) is 0 Å². The number of fused-ring (bicyclic) bond motifs is 1. The Morgan fingerprint density at radius 3 is 2.75 bits per heavy atom. The van der Waals surface area contributed by atoms with E-state index >= 15 is 0 Å². The first-order valence-electron chi connectivity index (χ1n) is 3.84. The Morgan fingerprint density at radius 2 is 2.00 bits per heavy atom. The molecular weight excluding hydrogens is 188 g/mol. The minimum Gasteiger partial charge on any atom is -0.123 e. The molecule has 0 aliphatic heterocycles. The van der Waals surface area contributed by atoms with Crippen LogP contribution in [0.15, 0.2) is 18.2 Å². The number of rotatable bonds is 0. The summed E-state index contributed by atoms with van der Waals surface area (Å²) >= 11 is 7.68. The molecule has 0 amide bonds. The summed E-state index contributed by atoms with van der Waals surface area (Å²) in [5, 5.41) is 1.30. The van der Waals surface area contributed by atoms with Crippen LogP contribution in [0.2, 0.25) is 4.34 Å². The zero-order valence-electron chi connectivity index (χ0n) is 7.02. The van der Waals surface area contributed by atoms with Crippen molar-refractivity contribution in [3.63, 3.8) is 0 Å². The number of hydrogen-bond acceptors (Lipinski definition) is 1. The highest BCUT2D eigenvalue weighted by molar-refractivity contribution is 7.22. The van der Waals surface area contributed by atoms with Crippen LogP contribution in [0.3, 0.4) is 0 Å². The molecule has 0 N–H and O–H groups in total. The Kier molecular flexibility index (Phi) is 1.85. The summed E-state index contributed by atoms with van der Waals surface area (Å²) in [7, 11) is 0. The van der Waals surface area contributed by atoms with Gasteiger partial charge in [0.2, 0.25) is 0 Å². The summed E-state index contributed by atoms with van der Waals surface area (Å²) in [4.78, 5) is 0. The van der Waals surface area contributed by atoms with Gasteiger partial charge in [0, 0.05) is 4.70 Å². The maximum Gasteiger partial charge on any atom is 0.0969 e. The molecule has 0 radical (unpaired) electrons. The second kappa shape index (κ2) is 2.75. The van der Waals surface area contributed by atoms with Crippen molar-refractivity contribution in [2.75, 3.05) is 0 Å². The van der Waals surface area contributed by atoms with Gasteiger partial charge in [0.05, 0.1) is 4.34 Å². The van der Waals surface area contributed by atoms with Crippen molar-refractivity contribution in [3.8, 4) is 0 Å². The molecule has 12 heavy (non-hydrogen) atoms. The average Bonchev–Trinajstić information content (AvgIpc) is 2.31. The first kappa shape index (κ1) is 8.09. The van der Waals surface area contributed by atoms with E-state index in [4.69, 9.17) is 11.6 Å². The van der Waals surface area contributed by atoms with Crippen LogP contribution in [0.5, 0.6) is 0 Å². The molecule has 1 heterocycles. The lowest BCUT2D eigenvalue weighted by atomic mass is 10.1. The first-order valence-corrected chi connectivity index (χ1v) is 5.03. The number of halogens is 1. The third-order valence-corrected chi connectivity index (χ3v) is 3.61. The average molecular weight is 197 g/mol. The zero-order valence-corrected chi connectivity index (χ0v) is 8.59. The molecule has 1 aromatic carbocycles. The van der Waals surface area contributed by atoms with E-state index in [0.717, 1.165) is 4.34 Å². The molecule has 1 aromatic heterocycles. The van der Waals surface area contributed by atoms with Crippen LogP contribution in [-0.2, 0) is 0 Å². The van der Waals surface area contributed by atoms with E-state index in [9.17, 15) is 0 Å². The van der Waals surface area contributed by atoms with Crippen molar-refractivity contribution < 1.29 is 0 Å². The second-order valence-electron chi connectivity index (χ2n) is 3.00. The summed E-state index contributed by atoms with van der Waals surface area (Å²) < 4.78 is 2.19. The number of aryl methyl sites for hydroxylation is 2. The van der Waals surface area contributed by atoms with E-state index in [0.29, 0.717) is 0 Å². The van der Waals surface area contributed by atoms with Gasteiger partial charge >= 0.3 is 0 Å². The van der Waals surface area contributed by atoms with Crippen LogP contribution in [0.1, 0.15) is 11.1 Å². The maximum absolute atomic E-state index is 6.02. The minimum atomic E-state index is 0.913. The number of benzene rings is 1. The fraction of sp³-hybridized carbons (Fsp3) is 0.200. The number of hydrogen-bond donors (Lipinski definition) is 0. The van der Waals surface area contributed by atoms with Gasteiger partial charge in [-0.25, -0.2) is 0 Å². The van der Waals surface area contributed by atoms with Crippen molar-refractivity contribution in [1.82, 2.24) is 0 Å². The predicted molar refractivity (Wildman–Crippen MR) is 56.3 cm³/mol. The van der Waals surface area contributed by atoms with Gasteiger partial charge in [-0.2, -0.15) is 0 Å². The van der Waals surface area contributed by atoms with Gasteiger partial charge in [-0.1, -0.05) is 29.3 Å². The molecule has 0 saturated carbocycles. The van der Waals surface area contributed by atoms with Crippen molar-refractivity contribution in [3.05, 3.63) is 33.7 Å². The molecule has 0 bridgehead atoms. The summed E-state index contributed by atoms with van der Waals surface area (Å²) in [5.74, 6) is 0. The third kappa shape index (κ3) is 1.13. The van der Waals surface area contributed by atoms with Gasteiger partial charge in [-0.05, 0) is 30.9 Å². The molecule has 2 rings (SSSR count). The Balaban J connectivity index is 2.88. The van der Waals surface area contributed by atoms with Crippen molar-refractivity contribution in [2.45, 2.75) is 13.8 Å². The van der Waals surface area contributed by atoms with Crippen molar-refractivity contribution in [2.24, 2.45) is 0 Å². The highest BCUT2D eigenvalue weighted by atomic mass is 35.5. The highest BCUT2D eigenvalue weighted by Crippen LogP contribution is 2.34. The molecule has 0 spiro atoms. The molecule has 0 fully saturated rings. The Morgan fingerprint density at radius 1 is 1.25 bits per heavy atom. The van der Waals surface area contributed by atoms with E-state index in [1.807, 2.05) is 0 Å². The van der Waals surface area contributed by atoms with Crippen LogP contribution in [-0.4, -0.2) is 0 Å². The number of thiophene rings is 1. The van der Waals surface area contributed by atoms with Gasteiger partial charge in [-0.3, -0.25) is 0 Å². The fourth-order valence-electron chi connectivity index (χ4n) is 1.30. The highest BCUT2D eigenvalue weighted by Gasteiger charge is 2.05. The topological polar surface area (TPSA) is 0 Å². The lowest BCUT2D eigenvalue weighted by Crippen LogP contribution is -1.71. The van der Waals surface area contributed by atoms with Crippen LogP contribution < -0.4 is 0 Å². The van der Waals surface area contributed by atoms with E-state index in [1.165, 1.54) is 21.2 Å². The van der Waals surface area contributed by atoms with E-state index in [1.54, 1.807) is 11.3 Å². The predicted octanol–water partition coefficient (Wildman–Crippen LogP) is 4.17. The molecule has 0 unspecified atom stereocenters. The van der Waals surface area contributed by atoms with E-state index < -0.39 is 0 Å². The Hall–Kier alpha value is -0.530. The van der Waals surface area contributed by atoms with Crippen LogP contribution in [0.4, 0.5) is 0 Å². The lowest BCUT2D eigenvalue weighted by molar-refractivity contribution is 1.50. The minimum absolute atomic E-state index is 0.913. The normalized spacial score (nSPS) is 10.9. The molecular formula is C10H9ClS. The smallest absolute Gasteiger partial charge is 0.0969 e. The van der Waals surface area contributed by atoms with Gasteiger partial charge in [0.15, 0.2) is 0 Å². The Bertz CT molecular complexity index is 429. The molecule has 0 aliphatic carbocycles. The maximum atomic E-state index is 6.02. The molecule has 62 valence electrons. The van der Waals surface area contributed by atoms with E-state index in [2.05, 4.69) is 32.0 Å². The summed E-state index contributed by atoms with van der Waals surface area (Å²) in [6, 6.07) is 6.44. The van der Waals surface area contributed by atoms with Crippen molar-refractivity contribution >= 4 is 33.0 Å². The molecule has 0 nitrogen and oxygen atoms in total. The summed E-state index contributed by atoms with van der Waals surface area (Å²) in [6.45, 7) is 4.17.